The minimum atomic E-state index is -4.27. The fourth-order valence-corrected chi connectivity index (χ4v) is 3.39. The second-order valence-corrected chi connectivity index (χ2v) is 8.04. The topological polar surface area (TPSA) is 66.8 Å². The number of unbranched alkanes of at least 4 members (excludes halogenated alkanes) is 11. The van der Waals surface area contributed by atoms with Crippen LogP contribution in [0, 0.1) is 0 Å². The van der Waals surface area contributed by atoms with Crippen molar-refractivity contribution in [3.8, 4) is 0 Å². The molecule has 0 saturated carbocycles. The van der Waals surface area contributed by atoms with E-state index in [0.717, 1.165) is 19.3 Å². The third-order valence-corrected chi connectivity index (χ3v) is 4.98. The van der Waals surface area contributed by atoms with Crippen LogP contribution in [0.5, 0.6) is 0 Å². The molecule has 0 aromatic heterocycles. The summed E-state index contributed by atoms with van der Waals surface area (Å²) in [5, 5.41) is 0. The van der Waals surface area contributed by atoms with Crippen LogP contribution in [-0.2, 0) is 15.5 Å². The van der Waals surface area contributed by atoms with Gasteiger partial charge in [-0.15, -0.1) is 0 Å². The Bertz CT molecular complexity index is 458. The van der Waals surface area contributed by atoms with Crippen molar-refractivity contribution in [2.45, 2.75) is 83.5 Å². The predicted molar refractivity (Wildman–Crippen MR) is 104 cm³/mol. The zero-order valence-electron chi connectivity index (χ0n) is 15.4. The van der Waals surface area contributed by atoms with E-state index in [-0.39, 0.29) is 6.61 Å². The lowest BCUT2D eigenvalue weighted by atomic mass is 10.0. The number of rotatable bonds is 16. The number of hydrogen-bond acceptors (Lipinski definition) is 2. The number of hydrogen-bond donors (Lipinski definition) is 2. The van der Waals surface area contributed by atoms with Crippen molar-refractivity contribution in [2.24, 2.45) is 0 Å². The van der Waals surface area contributed by atoms with Gasteiger partial charge < -0.3 is 9.79 Å². The first-order valence-electron chi connectivity index (χ1n) is 9.82. The van der Waals surface area contributed by atoms with Gasteiger partial charge in [0.2, 0.25) is 0 Å². The molecule has 0 radical (unpaired) electrons. The normalized spacial score (nSPS) is 11.8. The van der Waals surface area contributed by atoms with E-state index in [1.807, 2.05) is 0 Å². The summed E-state index contributed by atoms with van der Waals surface area (Å²) in [4.78, 5) is 17.1. The molecule has 25 heavy (non-hydrogen) atoms. The molecule has 0 fully saturated rings. The lowest BCUT2D eigenvalue weighted by Gasteiger charge is -2.05. The van der Waals surface area contributed by atoms with E-state index in [1.165, 1.54) is 69.8 Å². The van der Waals surface area contributed by atoms with Gasteiger partial charge in [-0.2, -0.15) is 0 Å². The van der Waals surface area contributed by atoms with Crippen molar-refractivity contribution in [3.63, 3.8) is 0 Å². The summed E-state index contributed by atoms with van der Waals surface area (Å²) in [5.74, 6) is 0. The fourth-order valence-electron chi connectivity index (χ4n) is 3.03. The van der Waals surface area contributed by atoms with Crippen LogP contribution in [0.1, 0.15) is 82.6 Å². The molecule has 1 rings (SSSR count). The Morgan fingerprint density at radius 1 is 0.680 bits per heavy atom. The van der Waals surface area contributed by atoms with E-state index in [0.29, 0.717) is 0 Å². The van der Waals surface area contributed by atoms with E-state index in [1.54, 1.807) is 0 Å². The largest absolute Gasteiger partial charge is 0.469 e. The van der Waals surface area contributed by atoms with E-state index in [9.17, 15) is 4.57 Å². The minimum absolute atomic E-state index is 0.161. The summed E-state index contributed by atoms with van der Waals surface area (Å²) >= 11 is 0. The quantitative estimate of drug-likeness (QED) is 0.276. The summed E-state index contributed by atoms with van der Waals surface area (Å²) < 4.78 is 14.9. The highest BCUT2D eigenvalue weighted by Crippen LogP contribution is 2.35. The Hall–Kier alpha value is -0.670. The Morgan fingerprint density at radius 2 is 1.12 bits per heavy atom. The molecule has 2 N–H and O–H groups in total. The van der Waals surface area contributed by atoms with Crippen LogP contribution in [0.25, 0.3) is 0 Å². The third kappa shape index (κ3) is 15.3. The molecule has 0 aliphatic carbocycles. The Kier molecular flexibility index (Phi) is 13.0. The van der Waals surface area contributed by atoms with Gasteiger partial charge in [0.1, 0.15) is 0 Å². The van der Waals surface area contributed by atoms with Crippen LogP contribution >= 0.6 is 7.82 Å². The number of phosphoric ester groups is 1. The zero-order valence-corrected chi connectivity index (χ0v) is 16.3. The SMILES string of the molecule is O=P(O)(O)OCCCCCCCCCCCCCCc1ccccc1. The Morgan fingerprint density at radius 3 is 1.60 bits per heavy atom. The second-order valence-electron chi connectivity index (χ2n) is 6.80. The summed E-state index contributed by atoms with van der Waals surface area (Å²) in [5.41, 5.74) is 1.45. The van der Waals surface area contributed by atoms with Gasteiger partial charge >= 0.3 is 7.82 Å². The Balaban J connectivity index is 1.74. The number of aryl methyl sites for hydroxylation is 1. The summed E-state index contributed by atoms with van der Waals surface area (Å²) in [6, 6.07) is 10.7. The first-order chi connectivity index (χ1) is 12.1. The maximum Gasteiger partial charge on any atom is 0.469 e. The lowest BCUT2D eigenvalue weighted by Crippen LogP contribution is -1.92. The molecule has 0 unspecified atom stereocenters. The molecular formula is C20H35O4P. The van der Waals surface area contributed by atoms with Gasteiger partial charge in [0, 0.05) is 0 Å². The molecule has 1 aromatic rings. The fraction of sp³-hybridized carbons (Fsp3) is 0.700. The molecule has 5 heteroatoms. The van der Waals surface area contributed by atoms with Crippen LogP contribution in [0.4, 0.5) is 0 Å². The molecule has 4 nitrogen and oxygen atoms in total. The molecule has 0 heterocycles. The molecule has 0 amide bonds. The van der Waals surface area contributed by atoms with Crippen molar-refractivity contribution in [3.05, 3.63) is 35.9 Å². The Labute approximate surface area is 153 Å². The highest BCUT2D eigenvalue weighted by atomic mass is 31.2. The molecule has 1 aromatic carbocycles. The average molecular weight is 370 g/mol. The van der Waals surface area contributed by atoms with Crippen LogP contribution in [-0.4, -0.2) is 16.4 Å². The van der Waals surface area contributed by atoms with Crippen LogP contribution in [0.2, 0.25) is 0 Å². The average Bonchev–Trinajstić information content (AvgIpc) is 2.58. The maximum atomic E-state index is 10.5. The molecule has 144 valence electrons. The van der Waals surface area contributed by atoms with Crippen LogP contribution in [0.3, 0.4) is 0 Å². The van der Waals surface area contributed by atoms with Crippen molar-refractivity contribution in [1.82, 2.24) is 0 Å². The van der Waals surface area contributed by atoms with Gasteiger partial charge in [0.05, 0.1) is 6.61 Å². The van der Waals surface area contributed by atoms with Crippen molar-refractivity contribution in [2.75, 3.05) is 6.61 Å². The van der Waals surface area contributed by atoms with Gasteiger partial charge in [-0.25, -0.2) is 4.57 Å². The summed E-state index contributed by atoms with van der Waals surface area (Å²) in [7, 11) is -4.27. The first-order valence-corrected chi connectivity index (χ1v) is 11.3. The molecule has 0 aliphatic rings. The van der Waals surface area contributed by atoms with E-state index in [2.05, 4.69) is 34.9 Å². The highest BCUT2D eigenvalue weighted by molar-refractivity contribution is 7.46. The smallest absolute Gasteiger partial charge is 0.303 e. The van der Waals surface area contributed by atoms with Crippen LogP contribution < -0.4 is 0 Å². The van der Waals surface area contributed by atoms with E-state index in [4.69, 9.17) is 9.79 Å². The van der Waals surface area contributed by atoms with Gasteiger partial charge in [-0.05, 0) is 24.8 Å². The molecule has 0 bridgehead atoms. The molecule has 0 saturated heterocycles. The number of benzene rings is 1. The standard InChI is InChI=1S/C20H35O4P/c21-25(22,23)24-19-15-10-8-6-4-2-1-3-5-7-9-12-16-20-17-13-11-14-18-20/h11,13-14,17-18H,1-10,12,15-16,19H2,(H2,21,22,23). The van der Waals surface area contributed by atoms with Gasteiger partial charge in [0.15, 0.2) is 0 Å². The first kappa shape index (κ1) is 22.4. The predicted octanol–water partition coefficient (Wildman–Crippen LogP) is 6.02. The molecule has 0 spiro atoms. The van der Waals surface area contributed by atoms with Crippen molar-refractivity contribution in [1.29, 1.82) is 0 Å². The maximum absolute atomic E-state index is 10.5. The monoisotopic (exact) mass is 370 g/mol. The minimum Gasteiger partial charge on any atom is -0.303 e. The molecule has 0 atom stereocenters. The van der Waals surface area contributed by atoms with Gasteiger partial charge in [0.25, 0.3) is 0 Å². The third-order valence-electron chi connectivity index (χ3n) is 4.46. The van der Waals surface area contributed by atoms with Gasteiger partial charge in [-0.1, -0.05) is 94.5 Å². The molecular weight excluding hydrogens is 335 g/mol. The summed E-state index contributed by atoms with van der Waals surface area (Å²) in [6.07, 6.45) is 15.9. The highest BCUT2D eigenvalue weighted by Gasteiger charge is 2.12. The zero-order chi connectivity index (χ0) is 18.2. The van der Waals surface area contributed by atoms with Gasteiger partial charge in [-0.3, -0.25) is 4.52 Å². The number of phosphoric acid groups is 1. The van der Waals surface area contributed by atoms with Crippen molar-refractivity contribution < 1.29 is 18.9 Å². The summed E-state index contributed by atoms with van der Waals surface area (Å²) in [6.45, 7) is 0.161. The van der Waals surface area contributed by atoms with E-state index >= 15 is 0 Å². The van der Waals surface area contributed by atoms with Crippen LogP contribution in [0.15, 0.2) is 30.3 Å². The van der Waals surface area contributed by atoms with Crippen molar-refractivity contribution >= 4 is 7.82 Å². The lowest BCUT2D eigenvalue weighted by molar-refractivity contribution is 0.193. The van der Waals surface area contributed by atoms with E-state index < -0.39 is 7.82 Å². The molecule has 0 aliphatic heterocycles. The second kappa shape index (κ2) is 14.5.